The van der Waals surface area contributed by atoms with Crippen molar-refractivity contribution in [3.8, 4) is 37.0 Å². The molecule has 540 valence electrons. The first-order valence-electron chi connectivity index (χ1n) is 34.3. The molecule has 0 saturated carbocycles. The lowest BCUT2D eigenvalue weighted by molar-refractivity contribution is 0.568. The number of terminal acetylenes is 3. The minimum absolute atomic E-state index is 0.0762. The Balaban J connectivity index is 0.000000574. The summed E-state index contributed by atoms with van der Waals surface area (Å²) in [6.07, 6.45) is 36.7. The van der Waals surface area contributed by atoms with Crippen molar-refractivity contribution in [2.24, 2.45) is 0 Å². The standard InChI is InChI=1S/C11H15N.C11H13N.C11H15N.C11H13N.C11H15N.C11H13N.2C8H10ClN.C8H10FN/c2*1-5-10-8-9(6-7-12-10)11(2,3)4;2*1-5-10-9(11(2,3)4)7-6-8-12-10;2*1-5-9-7-6-8-10(12-9)11(2,3)4;1-6(2)7-5-10-4-3-8(7)9;1-6(2)7-3-4-8(9)10-5-7;1-6(2)7-5-10-4-3-8(7)9/h5-8H,1H2,2-4H3;1,6-8H,2-4H3;5-8H,1H2,2-4H3;1,6-8H,2-4H3;5-8H,1H2,2-4H3;1,6-8H,2-4H3;3*3-6H,1-2H3. The van der Waals surface area contributed by atoms with Gasteiger partial charge in [-0.3, -0.25) is 24.9 Å². The molecule has 0 atom stereocenters. The molecule has 0 amide bonds. The highest BCUT2D eigenvalue weighted by molar-refractivity contribution is 6.31. The molecule has 12 heteroatoms. The molecule has 9 aromatic heterocycles. The smallest absolute Gasteiger partial charge is 0.129 e. The zero-order valence-corrected chi connectivity index (χ0v) is 67.1. The molecule has 0 bridgehead atoms. The number of nitrogens with zero attached hydrogens (tertiary/aromatic N) is 9. The molecule has 0 aliphatic carbocycles. The van der Waals surface area contributed by atoms with E-state index in [-0.39, 0.29) is 44.2 Å². The topological polar surface area (TPSA) is 116 Å². The van der Waals surface area contributed by atoms with Gasteiger partial charge in [-0.15, -0.1) is 19.3 Å². The highest BCUT2D eigenvalue weighted by Crippen LogP contribution is 2.28. The number of aromatic nitrogens is 9. The Labute approximate surface area is 625 Å². The van der Waals surface area contributed by atoms with Crippen LogP contribution in [0.5, 0.6) is 0 Å². The molecule has 9 heterocycles. The second kappa shape index (κ2) is 43.5. The number of pyridine rings is 9. The molecule has 102 heavy (non-hydrogen) atoms. The van der Waals surface area contributed by atoms with E-state index in [0.29, 0.717) is 33.9 Å². The summed E-state index contributed by atoms with van der Waals surface area (Å²) in [6.45, 7) is 62.3. The van der Waals surface area contributed by atoms with Gasteiger partial charge in [0, 0.05) is 88.6 Å². The Morgan fingerprint density at radius 3 is 1.32 bits per heavy atom. The van der Waals surface area contributed by atoms with Crippen molar-refractivity contribution in [2.45, 2.75) is 216 Å². The Kier molecular flexibility index (Phi) is 38.7. The first kappa shape index (κ1) is 90.8. The molecular weight excluding hydrogens is 1300 g/mol. The fourth-order valence-electron chi connectivity index (χ4n) is 8.62. The van der Waals surface area contributed by atoms with E-state index in [1.165, 1.54) is 34.5 Å². The third kappa shape index (κ3) is 34.9. The summed E-state index contributed by atoms with van der Waals surface area (Å²) in [5.74, 6) is 8.69. The highest BCUT2D eigenvalue weighted by atomic mass is 35.5. The maximum absolute atomic E-state index is 12.8. The zero-order valence-electron chi connectivity index (χ0n) is 65.6. The number of hydrogen-bond acceptors (Lipinski definition) is 9. The Bertz CT molecular complexity index is 3950. The minimum Gasteiger partial charge on any atom is -0.264 e. The fourth-order valence-corrected chi connectivity index (χ4v) is 9.05. The van der Waals surface area contributed by atoms with Crippen molar-refractivity contribution in [3.05, 3.63) is 285 Å². The summed E-state index contributed by atoms with van der Waals surface area (Å²) < 4.78 is 12.8. The number of hydrogen-bond donors (Lipinski definition) is 0. The first-order chi connectivity index (χ1) is 47.4. The fraction of sp³-hybridized carbons (Fsp3) is 0.367. The van der Waals surface area contributed by atoms with Crippen LogP contribution in [0.15, 0.2) is 185 Å². The lowest BCUT2D eigenvalue weighted by Gasteiger charge is -2.20. The van der Waals surface area contributed by atoms with Crippen LogP contribution < -0.4 is 0 Å². The van der Waals surface area contributed by atoms with Crippen LogP contribution in [0.3, 0.4) is 0 Å². The first-order valence-corrected chi connectivity index (χ1v) is 35.0. The lowest BCUT2D eigenvalue weighted by atomic mass is 9.86. The van der Waals surface area contributed by atoms with Crippen LogP contribution in [0, 0.1) is 42.8 Å². The molecule has 0 aliphatic rings. The average molecular weight is 1410 g/mol. The largest absolute Gasteiger partial charge is 0.264 e. The Morgan fingerprint density at radius 1 is 0.412 bits per heavy atom. The SMILES string of the molecule is C#Cc1cc(C(C)(C)C)ccn1.C#Cc1cccc(C(C)(C)C)n1.C#Cc1ncccc1C(C)(C)C.C=Cc1cc(C(C)(C)C)ccn1.C=Cc1cccc(C(C)(C)C)n1.C=Cc1ncccc1C(C)(C)C.CC(C)c1ccc(Cl)nc1.CC(C)c1cnccc1Cl.CC(C)c1cnccc1F. The number of rotatable bonds is 6. The maximum atomic E-state index is 12.8. The molecule has 9 rings (SSSR count). The Hall–Kier alpha value is -9.24. The summed E-state index contributed by atoms with van der Waals surface area (Å²) in [7, 11) is 0. The predicted octanol–water partition coefficient (Wildman–Crippen LogP) is 24.2. The molecule has 0 fully saturated rings. The van der Waals surface area contributed by atoms with E-state index in [0.717, 1.165) is 50.3 Å². The van der Waals surface area contributed by atoms with Crippen LogP contribution in [0.25, 0.3) is 18.2 Å². The van der Waals surface area contributed by atoms with Gasteiger partial charge in [-0.25, -0.2) is 24.3 Å². The van der Waals surface area contributed by atoms with Gasteiger partial charge in [0.25, 0.3) is 0 Å². The van der Waals surface area contributed by atoms with Crippen LogP contribution in [0.2, 0.25) is 10.2 Å². The molecule has 0 radical (unpaired) electrons. The zero-order chi connectivity index (χ0) is 77.8. The summed E-state index contributed by atoms with van der Waals surface area (Å²) in [5, 5.41) is 1.37. The molecule has 0 N–H and O–H groups in total. The maximum Gasteiger partial charge on any atom is 0.129 e. The monoisotopic (exact) mass is 1410 g/mol. The van der Waals surface area contributed by atoms with E-state index in [9.17, 15) is 4.39 Å². The third-order valence-electron chi connectivity index (χ3n) is 14.9. The van der Waals surface area contributed by atoms with Crippen LogP contribution in [0.1, 0.15) is 268 Å². The quantitative estimate of drug-likeness (QED) is 0.119. The molecule has 9 aromatic rings. The van der Waals surface area contributed by atoms with E-state index in [1.807, 2.05) is 123 Å². The van der Waals surface area contributed by atoms with Gasteiger partial charge in [-0.1, -0.05) is 251 Å². The van der Waals surface area contributed by atoms with Gasteiger partial charge >= 0.3 is 0 Å². The van der Waals surface area contributed by atoms with Gasteiger partial charge < -0.3 is 0 Å². The second-order valence-corrected chi connectivity index (χ2v) is 31.6. The van der Waals surface area contributed by atoms with E-state index in [4.69, 9.17) is 42.5 Å². The van der Waals surface area contributed by atoms with Gasteiger partial charge in [0.1, 0.15) is 28.1 Å². The van der Waals surface area contributed by atoms with Crippen molar-refractivity contribution in [1.29, 1.82) is 0 Å². The van der Waals surface area contributed by atoms with Gasteiger partial charge in [-0.05, 0) is 176 Å². The average Bonchev–Trinajstić information content (AvgIpc) is 0.851. The summed E-state index contributed by atoms with van der Waals surface area (Å²) in [6, 6.07) is 34.9. The molecule has 0 saturated heterocycles. The predicted molar refractivity (Wildman–Crippen MR) is 437 cm³/mol. The van der Waals surface area contributed by atoms with Gasteiger partial charge in [0.15, 0.2) is 0 Å². The lowest BCUT2D eigenvalue weighted by Crippen LogP contribution is -2.13. The molecule has 9 nitrogen and oxygen atoms in total. The molecule has 0 spiro atoms. The Morgan fingerprint density at radius 2 is 0.912 bits per heavy atom. The van der Waals surface area contributed by atoms with Crippen molar-refractivity contribution in [1.82, 2.24) is 44.9 Å². The van der Waals surface area contributed by atoms with Crippen molar-refractivity contribution in [2.75, 3.05) is 0 Å². The minimum atomic E-state index is -0.162. The number of halogens is 3. The third-order valence-corrected chi connectivity index (χ3v) is 15.5. The van der Waals surface area contributed by atoms with Crippen molar-refractivity contribution >= 4 is 41.4 Å². The van der Waals surface area contributed by atoms with Crippen LogP contribution in [-0.4, -0.2) is 44.9 Å². The molecule has 0 unspecified atom stereocenters. The van der Waals surface area contributed by atoms with Gasteiger partial charge in [0.2, 0.25) is 0 Å². The summed E-state index contributed by atoms with van der Waals surface area (Å²) in [4.78, 5) is 37.1. The van der Waals surface area contributed by atoms with Crippen LogP contribution >= 0.6 is 23.2 Å². The van der Waals surface area contributed by atoms with Crippen molar-refractivity contribution < 1.29 is 4.39 Å². The normalized spacial score (nSPS) is 10.9. The van der Waals surface area contributed by atoms with E-state index in [2.05, 4.69) is 247 Å². The van der Waals surface area contributed by atoms with Gasteiger partial charge in [-0.2, -0.15) is 0 Å². The highest BCUT2D eigenvalue weighted by Gasteiger charge is 2.20. The van der Waals surface area contributed by atoms with Crippen LogP contribution in [-0.2, 0) is 32.5 Å². The molecule has 0 aromatic carbocycles. The molecule has 0 aliphatic heterocycles. The van der Waals surface area contributed by atoms with E-state index < -0.39 is 0 Å². The summed E-state index contributed by atoms with van der Waals surface area (Å²) in [5.41, 5.74) is 15.9. The van der Waals surface area contributed by atoms with E-state index in [1.54, 1.807) is 49.2 Å². The second-order valence-electron chi connectivity index (χ2n) is 30.8. The van der Waals surface area contributed by atoms with E-state index >= 15 is 0 Å². The molecular formula is C90H114Cl2FN9. The van der Waals surface area contributed by atoms with Gasteiger partial charge in [0.05, 0.1) is 17.1 Å². The van der Waals surface area contributed by atoms with Crippen LogP contribution in [0.4, 0.5) is 4.39 Å². The summed E-state index contributed by atoms with van der Waals surface area (Å²) >= 11 is 11.5. The van der Waals surface area contributed by atoms with Crippen molar-refractivity contribution in [3.63, 3.8) is 0 Å².